The standard InChI is InChI=1S/C22H28N2O3/c1-15(2)27-21-9-7-6-8-20(21)23-22(26)12-13-24(18(5)25)19-11-10-16(3)17(4)14-19/h6-11,14-15H,12-13H2,1-5H3,(H,23,26). The van der Waals surface area contributed by atoms with Crippen molar-refractivity contribution in [2.75, 3.05) is 16.8 Å². The van der Waals surface area contributed by atoms with Crippen LogP contribution in [0.2, 0.25) is 0 Å². The van der Waals surface area contributed by atoms with Crippen LogP contribution in [0.5, 0.6) is 5.75 Å². The third kappa shape index (κ3) is 5.84. The van der Waals surface area contributed by atoms with Crippen molar-refractivity contribution in [1.29, 1.82) is 0 Å². The fourth-order valence-electron chi connectivity index (χ4n) is 2.71. The maximum Gasteiger partial charge on any atom is 0.226 e. The molecule has 2 aromatic carbocycles. The number of amides is 2. The van der Waals surface area contributed by atoms with Crippen LogP contribution in [-0.2, 0) is 9.59 Å². The molecule has 144 valence electrons. The highest BCUT2D eigenvalue weighted by Crippen LogP contribution is 2.25. The maximum absolute atomic E-state index is 12.4. The van der Waals surface area contributed by atoms with Gasteiger partial charge in [0.1, 0.15) is 5.75 Å². The number of ether oxygens (including phenoxy) is 1. The minimum atomic E-state index is -0.162. The van der Waals surface area contributed by atoms with E-state index in [2.05, 4.69) is 5.32 Å². The molecule has 0 unspecified atom stereocenters. The van der Waals surface area contributed by atoms with E-state index in [0.717, 1.165) is 11.3 Å². The summed E-state index contributed by atoms with van der Waals surface area (Å²) in [5.41, 5.74) is 3.73. The van der Waals surface area contributed by atoms with Gasteiger partial charge in [-0.25, -0.2) is 0 Å². The first-order chi connectivity index (χ1) is 12.8. The van der Waals surface area contributed by atoms with E-state index in [0.29, 0.717) is 18.0 Å². The number of hydrogen-bond acceptors (Lipinski definition) is 3. The second-order valence-corrected chi connectivity index (χ2v) is 6.90. The monoisotopic (exact) mass is 368 g/mol. The molecule has 0 bridgehead atoms. The molecule has 0 aliphatic carbocycles. The Morgan fingerprint density at radius 3 is 2.41 bits per heavy atom. The summed E-state index contributed by atoms with van der Waals surface area (Å²) in [5, 5.41) is 2.88. The van der Waals surface area contributed by atoms with Gasteiger partial charge in [-0.2, -0.15) is 0 Å². The van der Waals surface area contributed by atoms with Gasteiger partial charge < -0.3 is 15.0 Å². The van der Waals surface area contributed by atoms with E-state index in [1.54, 1.807) is 4.90 Å². The highest BCUT2D eigenvalue weighted by atomic mass is 16.5. The number of para-hydroxylation sites is 2. The second kappa shape index (κ2) is 9.21. The topological polar surface area (TPSA) is 58.6 Å². The van der Waals surface area contributed by atoms with E-state index < -0.39 is 0 Å². The lowest BCUT2D eigenvalue weighted by atomic mass is 10.1. The molecule has 0 aliphatic rings. The molecule has 0 aliphatic heterocycles. The van der Waals surface area contributed by atoms with Crippen molar-refractivity contribution in [2.24, 2.45) is 0 Å². The number of carbonyl (C=O) groups excluding carboxylic acids is 2. The van der Waals surface area contributed by atoms with Gasteiger partial charge >= 0.3 is 0 Å². The van der Waals surface area contributed by atoms with Crippen molar-refractivity contribution >= 4 is 23.2 Å². The summed E-state index contributed by atoms with van der Waals surface area (Å²) in [4.78, 5) is 26.1. The van der Waals surface area contributed by atoms with Gasteiger partial charge in [-0.3, -0.25) is 9.59 Å². The zero-order chi connectivity index (χ0) is 20.0. The molecule has 0 spiro atoms. The quantitative estimate of drug-likeness (QED) is 0.784. The Kier molecular flexibility index (Phi) is 6.99. The van der Waals surface area contributed by atoms with Crippen LogP contribution in [0.1, 0.15) is 38.3 Å². The van der Waals surface area contributed by atoms with Crippen molar-refractivity contribution in [1.82, 2.24) is 0 Å². The molecule has 0 fully saturated rings. The third-order valence-electron chi connectivity index (χ3n) is 4.27. The van der Waals surface area contributed by atoms with Crippen LogP contribution in [-0.4, -0.2) is 24.5 Å². The lowest BCUT2D eigenvalue weighted by Crippen LogP contribution is -2.32. The predicted octanol–water partition coefficient (Wildman–Crippen LogP) is 4.47. The number of benzene rings is 2. The van der Waals surface area contributed by atoms with E-state index in [9.17, 15) is 9.59 Å². The number of hydrogen-bond donors (Lipinski definition) is 1. The van der Waals surface area contributed by atoms with E-state index in [-0.39, 0.29) is 24.3 Å². The third-order valence-corrected chi connectivity index (χ3v) is 4.27. The molecule has 0 saturated heterocycles. The molecule has 1 N–H and O–H groups in total. The first-order valence-electron chi connectivity index (χ1n) is 9.19. The predicted molar refractivity (Wildman–Crippen MR) is 109 cm³/mol. The van der Waals surface area contributed by atoms with Crippen LogP contribution in [0.15, 0.2) is 42.5 Å². The summed E-state index contributed by atoms with van der Waals surface area (Å²) >= 11 is 0. The van der Waals surface area contributed by atoms with Gasteiger partial charge in [0, 0.05) is 25.6 Å². The van der Waals surface area contributed by atoms with E-state index in [1.807, 2.05) is 70.2 Å². The number of nitrogens with one attached hydrogen (secondary N) is 1. The molecule has 2 rings (SSSR count). The van der Waals surface area contributed by atoms with Gasteiger partial charge in [0.25, 0.3) is 0 Å². The fraction of sp³-hybridized carbons (Fsp3) is 0.364. The van der Waals surface area contributed by atoms with Crippen molar-refractivity contribution < 1.29 is 14.3 Å². The summed E-state index contributed by atoms with van der Waals surface area (Å²) in [6, 6.07) is 13.2. The smallest absolute Gasteiger partial charge is 0.226 e. The van der Waals surface area contributed by atoms with Crippen molar-refractivity contribution in [3.05, 3.63) is 53.6 Å². The Morgan fingerprint density at radius 2 is 1.78 bits per heavy atom. The van der Waals surface area contributed by atoms with Crippen LogP contribution >= 0.6 is 0 Å². The first kappa shape index (κ1) is 20.5. The van der Waals surface area contributed by atoms with Gasteiger partial charge in [0.15, 0.2) is 0 Å². The van der Waals surface area contributed by atoms with Crippen LogP contribution in [0, 0.1) is 13.8 Å². The second-order valence-electron chi connectivity index (χ2n) is 6.90. The summed E-state index contributed by atoms with van der Waals surface area (Å²) in [5.74, 6) is 0.387. The minimum Gasteiger partial charge on any atom is -0.489 e. The van der Waals surface area contributed by atoms with Gasteiger partial charge in [-0.15, -0.1) is 0 Å². The minimum absolute atomic E-state index is 0.0148. The van der Waals surface area contributed by atoms with Crippen LogP contribution in [0.4, 0.5) is 11.4 Å². The average Bonchev–Trinajstić information content (AvgIpc) is 2.59. The summed E-state index contributed by atoms with van der Waals surface area (Å²) < 4.78 is 5.72. The van der Waals surface area contributed by atoms with E-state index in [1.165, 1.54) is 12.5 Å². The number of anilines is 2. The Balaban J connectivity index is 2.04. The van der Waals surface area contributed by atoms with Crippen molar-refractivity contribution in [3.8, 4) is 5.75 Å². The molecular formula is C22H28N2O3. The zero-order valence-corrected chi connectivity index (χ0v) is 16.7. The molecule has 2 amide bonds. The fourth-order valence-corrected chi connectivity index (χ4v) is 2.71. The number of nitrogens with zero attached hydrogens (tertiary/aromatic N) is 1. The molecule has 2 aromatic rings. The lowest BCUT2D eigenvalue weighted by molar-refractivity contribution is -0.117. The van der Waals surface area contributed by atoms with Gasteiger partial charge in [-0.05, 0) is 63.1 Å². The number of aryl methyl sites for hydroxylation is 2. The highest BCUT2D eigenvalue weighted by molar-refractivity contribution is 5.95. The van der Waals surface area contributed by atoms with Crippen molar-refractivity contribution in [2.45, 2.75) is 47.1 Å². The average molecular weight is 368 g/mol. The summed E-state index contributed by atoms with van der Waals surface area (Å²) in [7, 11) is 0. The normalized spacial score (nSPS) is 10.6. The van der Waals surface area contributed by atoms with Crippen LogP contribution in [0.25, 0.3) is 0 Å². The molecule has 0 atom stereocenters. The first-order valence-corrected chi connectivity index (χ1v) is 9.19. The van der Waals surface area contributed by atoms with Gasteiger partial charge in [-0.1, -0.05) is 18.2 Å². The summed E-state index contributed by atoms with van der Waals surface area (Å²) in [6.45, 7) is 9.74. The molecule has 0 saturated carbocycles. The van der Waals surface area contributed by atoms with Gasteiger partial charge in [0.2, 0.25) is 11.8 Å². The molecular weight excluding hydrogens is 340 g/mol. The molecule has 27 heavy (non-hydrogen) atoms. The molecule has 0 radical (unpaired) electrons. The highest BCUT2D eigenvalue weighted by Gasteiger charge is 2.15. The maximum atomic E-state index is 12.4. The Hall–Kier alpha value is -2.82. The molecule has 5 nitrogen and oxygen atoms in total. The Morgan fingerprint density at radius 1 is 1.07 bits per heavy atom. The molecule has 0 aromatic heterocycles. The molecule has 5 heteroatoms. The number of carbonyl (C=O) groups is 2. The lowest BCUT2D eigenvalue weighted by Gasteiger charge is -2.22. The molecule has 0 heterocycles. The van der Waals surface area contributed by atoms with Crippen LogP contribution in [0.3, 0.4) is 0 Å². The van der Waals surface area contributed by atoms with E-state index in [4.69, 9.17) is 4.74 Å². The zero-order valence-electron chi connectivity index (χ0n) is 16.7. The van der Waals surface area contributed by atoms with Crippen molar-refractivity contribution in [3.63, 3.8) is 0 Å². The van der Waals surface area contributed by atoms with E-state index >= 15 is 0 Å². The number of rotatable bonds is 7. The van der Waals surface area contributed by atoms with Crippen LogP contribution < -0.4 is 15.0 Å². The van der Waals surface area contributed by atoms with Gasteiger partial charge in [0.05, 0.1) is 11.8 Å². The summed E-state index contributed by atoms with van der Waals surface area (Å²) in [6.07, 6.45) is 0.212. The SMILES string of the molecule is CC(=O)N(CCC(=O)Nc1ccccc1OC(C)C)c1ccc(C)c(C)c1. The largest absolute Gasteiger partial charge is 0.489 e. The Bertz CT molecular complexity index is 815. The Labute approximate surface area is 161 Å².